The van der Waals surface area contributed by atoms with Crippen LogP contribution in [-0.4, -0.2) is 20.7 Å². The molecule has 110 valence electrons. The first-order valence-corrected chi connectivity index (χ1v) is 7.18. The Morgan fingerprint density at radius 3 is 2.67 bits per heavy atom. The molecule has 0 fully saturated rings. The number of aromatic nitrogens is 3. The lowest BCUT2D eigenvalue weighted by Crippen LogP contribution is -2.40. The maximum Gasteiger partial charge on any atom is 0.332 e. The molecule has 2 aromatic rings. The van der Waals surface area contributed by atoms with Crippen molar-refractivity contribution in [2.75, 3.05) is 11.9 Å². The van der Waals surface area contributed by atoms with E-state index in [-0.39, 0.29) is 11.4 Å². The van der Waals surface area contributed by atoms with E-state index >= 15 is 0 Å². The third-order valence-corrected chi connectivity index (χ3v) is 3.94. The minimum atomic E-state index is -0.590. The van der Waals surface area contributed by atoms with Crippen molar-refractivity contribution in [3.05, 3.63) is 42.5 Å². The van der Waals surface area contributed by atoms with Crippen LogP contribution < -0.4 is 16.6 Å². The summed E-state index contributed by atoms with van der Waals surface area (Å²) in [6.07, 6.45) is 0.651. The van der Waals surface area contributed by atoms with Gasteiger partial charge in [0.2, 0.25) is 0 Å². The van der Waals surface area contributed by atoms with Crippen LogP contribution in [0, 0.1) is 18.3 Å². The smallest absolute Gasteiger partial charge is 0.332 e. The number of anilines is 1. The summed E-state index contributed by atoms with van der Waals surface area (Å²) in [5, 5.41) is 15.1. The van der Waals surface area contributed by atoms with E-state index < -0.39 is 11.2 Å². The van der Waals surface area contributed by atoms with Crippen LogP contribution in [0.2, 0.25) is 0 Å². The van der Waals surface area contributed by atoms with Crippen molar-refractivity contribution in [2.45, 2.75) is 13.3 Å². The van der Waals surface area contributed by atoms with Gasteiger partial charge in [0.15, 0.2) is 5.56 Å². The second-order valence-electron chi connectivity index (χ2n) is 4.58. The fourth-order valence-corrected chi connectivity index (χ4v) is 2.63. The van der Waals surface area contributed by atoms with Gasteiger partial charge in [-0.15, -0.1) is 11.3 Å². The highest BCUT2D eigenvalue weighted by atomic mass is 32.1. The van der Waals surface area contributed by atoms with Crippen LogP contribution in [0.1, 0.15) is 16.3 Å². The largest absolute Gasteiger partial charge is 0.370 e. The highest BCUT2D eigenvalue weighted by Gasteiger charge is 2.14. The van der Waals surface area contributed by atoms with Crippen LogP contribution >= 0.6 is 11.3 Å². The van der Waals surface area contributed by atoms with Crippen LogP contribution in [0.3, 0.4) is 0 Å². The summed E-state index contributed by atoms with van der Waals surface area (Å²) >= 11 is 1.57. The van der Waals surface area contributed by atoms with Gasteiger partial charge in [0.05, 0.1) is 10.7 Å². The maximum atomic E-state index is 11.9. The summed E-state index contributed by atoms with van der Waals surface area (Å²) in [6, 6.07) is 1.86. The van der Waals surface area contributed by atoms with Gasteiger partial charge >= 0.3 is 5.69 Å². The van der Waals surface area contributed by atoms with Crippen molar-refractivity contribution in [1.29, 1.82) is 5.26 Å². The molecule has 0 aromatic carbocycles. The predicted octanol–water partition coefficient (Wildman–Crippen LogP) is 0.375. The molecule has 0 saturated heterocycles. The number of rotatable bonds is 4. The predicted molar refractivity (Wildman–Crippen MR) is 80.7 cm³/mol. The Kier molecular flexibility index (Phi) is 4.23. The van der Waals surface area contributed by atoms with Gasteiger partial charge in [0.25, 0.3) is 5.56 Å². The lowest BCUT2D eigenvalue weighted by Gasteiger charge is -2.13. The van der Waals surface area contributed by atoms with E-state index in [9.17, 15) is 9.59 Å². The molecule has 0 spiro atoms. The minimum Gasteiger partial charge on any atom is -0.370 e. The summed E-state index contributed by atoms with van der Waals surface area (Å²) in [7, 11) is 2.88. The van der Waals surface area contributed by atoms with Crippen LogP contribution in [0.15, 0.2) is 15.0 Å². The third-order valence-electron chi connectivity index (χ3n) is 3.12. The van der Waals surface area contributed by atoms with Crippen LogP contribution in [-0.2, 0) is 20.5 Å². The summed E-state index contributed by atoms with van der Waals surface area (Å²) in [5.41, 5.74) is -0.176. The molecule has 0 bridgehead atoms. The number of hydrogen-bond acceptors (Lipinski definition) is 6. The lowest BCUT2D eigenvalue weighted by molar-refractivity contribution is 0.685. The third kappa shape index (κ3) is 2.87. The second-order valence-corrected chi connectivity index (χ2v) is 5.64. The van der Waals surface area contributed by atoms with E-state index in [1.807, 2.05) is 18.4 Å². The topological polar surface area (TPSA) is 92.7 Å². The van der Waals surface area contributed by atoms with Crippen molar-refractivity contribution in [2.24, 2.45) is 14.1 Å². The molecule has 0 aliphatic carbocycles. The number of hydrogen-bond donors (Lipinski definition) is 1. The molecule has 7 nitrogen and oxygen atoms in total. The molecular weight excluding hydrogens is 290 g/mol. The van der Waals surface area contributed by atoms with Gasteiger partial charge in [-0.25, -0.2) is 9.78 Å². The van der Waals surface area contributed by atoms with Gasteiger partial charge in [-0.1, -0.05) is 0 Å². The average molecular weight is 305 g/mol. The monoisotopic (exact) mass is 305 g/mol. The molecule has 0 radical (unpaired) electrons. The highest BCUT2D eigenvalue weighted by molar-refractivity contribution is 7.09. The van der Waals surface area contributed by atoms with E-state index in [1.165, 1.54) is 18.7 Å². The van der Waals surface area contributed by atoms with E-state index in [1.54, 1.807) is 11.3 Å². The standard InChI is InChI=1S/C13H15N5O2S/c1-8-16-9(7-21-8)4-5-15-11-10(6-14)12(19)18(3)13(20)17(11)2/h7,15H,4-5H2,1-3H3. The fraction of sp³-hybridized carbons (Fsp3) is 0.385. The van der Waals surface area contributed by atoms with Gasteiger partial charge in [-0.3, -0.25) is 13.9 Å². The lowest BCUT2D eigenvalue weighted by atomic mass is 10.3. The number of thiazole rings is 1. The number of nitrogens with one attached hydrogen (secondary N) is 1. The van der Waals surface area contributed by atoms with Crippen molar-refractivity contribution < 1.29 is 0 Å². The first kappa shape index (κ1) is 15.0. The number of aryl methyl sites for hydroxylation is 1. The average Bonchev–Trinajstić information content (AvgIpc) is 2.88. The van der Waals surface area contributed by atoms with Crippen LogP contribution in [0.25, 0.3) is 0 Å². The Bertz CT molecular complexity index is 825. The Morgan fingerprint density at radius 1 is 1.38 bits per heavy atom. The van der Waals surface area contributed by atoms with E-state index in [0.29, 0.717) is 13.0 Å². The summed E-state index contributed by atoms with van der Waals surface area (Å²) in [6.45, 7) is 2.41. The molecule has 21 heavy (non-hydrogen) atoms. The Hall–Kier alpha value is -2.40. The Labute approximate surface area is 125 Å². The van der Waals surface area contributed by atoms with Crippen molar-refractivity contribution in [3.8, 4) is 6.07 Å². The molecule has 2 aromatic heterocycles. The van der Waals surface area contributed by atoms with Gasteiger partial charge in [0, 0.05) is 32.4 Å². The molecular formula is C13H15N5O2S. The highest BCUT2D eigenvalue weighted by Crippen LogP contribution is 2.10. The van der Waals surface area contributed by atoms with Gasteiger partial charge in [0.1, 0.15) is 11.9 Å². The van der Waals surface area contributed by atoms with Crippen molar-refractivity contribution >= 4 is 17.2 Å². The molecule has 2 heterocycles. The van der Waals surface area contributed by atoms with E-state index in [0.717, 1.165) is 15.3 Å². The molecule has 8 heteroatoms. The fourth-order valence-electron chi connectivity index (χ4n) is 1.98. The van der Waals surface area contributed by atoms with Crippen molar-refractivity contribution in [1.82, 2.24) is 14.1 Å². The Balaban J connectivity index is 2.26. The number of nitrogens with zero attached hydrogens (tertiary/aromatic N) is 4. The first-order valence-electron chi connectivity index (χ1n) is 6.30. The zero-order chi connectivity index (χ0) is 15.6. The molecule has 0 unspecified atom stereocenters. The van der Waals surface area contributed by atoms with Crippen molar-refractivity contribution in [3.63, 3.8) is 0 Å². The van der Waals surface area contributed by atoms with Gasteiger partial charge in [-0.05, 0) is 6.92 Å². The first-order chi connectivity index (χ1) is 9.95. The summed E-state index contributed by atoms with van der Waals surface area (Å²) in [5.74, 6) is 0.248. The second kappa shape index (κ2) is 5.93. The molecule has 2 rings (SSSR count). The van der Waals surface area contributed by atoms with Gasteiger partial charge in [-0.2, -0.15) is 5.26 Å². The summed E-state index contributed by atoms with van der Waals surface area (Å²) < 4.78 is 2.19. The molecule has 0 aliphatic heterocycles. The number of nitriles is 1. The zero-order valence-corrected chi connectivity index (χ0v) is 12.8. The molecule has 0 saturated carbocycles. The van der Waals surface area contributed by atoms with E-state index in [4.69, 9.17) is 5.26 Å². The zero-order valence-electron chi connectivity index (χ0n) is 12.0. The normalized spacial score (nSPS) is 10.4. The Morgan fingerprint density at radius 2 is 2.10 bits per heavy atom. The molecule has 0 aliphatic rings. The maximum absolute atomic E-state index is 11.9. The molecule has 0 atom stereocenters. The quantitative estimate of drug-likeness (QED) is 0.881. The summed E-state index contributed by atoms with van der Waals surface area (Å²) in [4.78, 5) is 28.1. The minimum absolute atomic E-state index is 0.0611. The SMILES string of the molecule is Cc1nc(CCNc2c(C#N)c(=O)n(C)c(=O)n2C)cs1. The molecule has 1 N–H and O–H groups in total. The molecule has 0 amide bonds. The van der Waals surface area contributed by atoms with Crippen LogP contribution in [0.4, 0.5) is 5.82 Å². The van der Waals surface area contributed by atoms with Crippen LogP contribution in [0.5, 0.6) is 0 Å². The van der Waals surface area contributed by atoms with Gasteiger partial charge < -0.3 is 5.32 Å². The van der Waals surface area contributed by atoms with E-state index in [2.05, 4.69) is 10.3 Å².